The van der Waals surface area contributed by atoms with E-state index >= 15 is 0 Å². The highest BCUT2D eigenvalue weighted by atomic mass is 35.5. The van der Waals surface area contributed by atoms with E-state index in [1.165, 1.54) is 0 Å². The molecule has 1 aliphatic carbocycles. The molecule has 0 spiro atoms. The second kappa shape index (κ2) is 7.10. The minimum atomic E-state index is -0.341. The molecule has 4 heterocycles. The molecule has 1 unspecified atom stereocenters. The van der Waals surface area contributed by atoms with Gasteiger partial charge in [0.25, 0.3) is 0 Å². The Morgan fingerprint density at radius 3 is 2.67 bits per heavy atom. The van der Waals surface area contributed by atoms with Crippen LogP contribution in [0.4, 0.5) is 11.5 Å². The van der Waals surface area contributed by atoms with Crippen LogP contribution in [0, 0.1) is 0 Å². The Morgan fingerprint density at radius 1 is 1.17 bits per heavy atom. The normalized spacial score (nSPS) is 20.0. The van der Waals surface area contributed by atoms with Gasteiger partial charge in [0.2, 0.25) is 5.91 Å². The number of nitrogens with zero attached hydrogens (tertiary/aromatic N) is 5. The number of amides is 1. The van der Waals surface area contributed by atoms with Crippen LogP contribution in [0.15, 0.2) is 24.5 Å². The summed E-state index contributed by atoms with van der Waals surface area (Å²) in [6.45, 7) is 6.14. The Hall–Kier alpha value is -2.38. The van der Waals surface area contributed by atoms with Gasteiger partial charge in [0.05, 0.1) is 28.5 Å². The third-order valence-electron chi connectivity index (χ3n) is 6.02. The fraction of sp³-hybridized carbons (Fsp3) is 0.429. The van der Waals surface area contributed by atoms with Crippen molar-refractivity contribution in [3.63, 3.8) is 0 Å². The molecule has 0 radical (unpaired) electrons. The minimum Gasteiger partial charge on any atom is -0.355 e. The van der Waals surface area contributed by atoms with Crippen molar-refractivity contribution in [2.45, 2.75) is 44.4 Å². The van der Waals surface area contributed by atoms with Gasteiger partial charge < -0.3 is 10.2 Å². The van der Waals surface area contributed by atoms with Gasteiger partial charge in [-0.2, -0.15) is 5.10 Å². The first-order chi connectivity index (χ1) is 14.3. The number of hydrogen-bond acceptors (Lipinski definition) is 5. The SMILES string of the molecule is CC1(C)CC(C(=O)Nc2cnc(N3CCCC3)c(Cl)c2)c2cnc3cc(Cl)nn3c21. The number of halogens is 2. The summed E-state index contributed by atoms with van der Waals surface area (Å²) in [5.41, 5.74) is 2.87. The van der Waals surface area contributed by atoms with Crippen LogP contribution in [-0.2, 0) is 10.2 Å². The van der Waals surface area contributed by atoms with E-state index in [1.54, 1.807) is 29.0 Å². The predicted molar refractivity (Wildman–Crippen MR) is 118 cm³/mol. The molecule has 3 aromatic rings. The summed E-state index contributed by atoms with van der Waals surface area (Å²) in [5.74, 6) is 0.335. The van der Waals surface area contributed by atoms with Crippen molar-refractivity contribution in [2.24, 2.45) is 0 Å². The second-order valence-electron chi connectivity index (χ2n) is 8.65. The molecule has 7 nitrogen and oxygen atoms in total. The van der Waals surface area contributed by atoms with E-state index in [9.17, 15) is 4.79 Å². The van der Waals surface area contributed by atoms with Gasteiger partial charge >= 0.3 is 0 Å². The standard InChI is InChI=1S/C21H22Cl2N6O/c1-21(2)9-13(14-11-24-17-8-16(23)27-29(17)18(14)21)20(30)26-12-7-15(22)19(25-10-12)28-5-3-4-6-28/h7-8,10-11,13H,3-6,9H2,1-2H3,(H,26,30). The lowest BCUT2D eigenvalue weighted by Crippen LogP contribution is -2.22. The zero-order valence-corrected chi connectivity index (χ0v) is 18.3. The number of carbonyl (C=O) groups is 1. The van der Waals surface area contributed by atoms with E-state index in [-0.39, 0.29) is 17.2 Å². The smallest absolute Gasteiger partial charge is 0.232 e. The highest BCUT2D eigenvalue weighted by Gasteiger charge is 2.43. The predicted octanol–water partition coefficient (Wildman–Crippen LogP) is 4.43. The molecule has 1 amide bonds. The molecule has 2 aliphatic rings. The number of nitrogens with one attached hydrogen (secondary N) is 1. The van der Waals surface area contributed by atoms with Gasteiger partial charge in [-0.3, -0.25) is 4.79 Å². The van der Waals surface area contributed by atoms with Gasteiger partial charge in [-0.05, 0) is 25.3 Å². The van der Waals surface area contributed by atoms with Crippen molar-refractivity contribution in [3.8, 4) is 0 Å². The number of hydrogen-bond donors (Lipinski definition) is 1. The molecule has 1 fully saturated rings. The van der Waals surface area contributed by atoms with Crippen LogP contribution in [0.1, 0.15) is 50.3 Å². The summed E-state index contributed by atoms with van der Waals surface area (Å²) < 4.78 is 1.76. The lowest BCUT2D eigenvalue weighted by Gasteiger charge is -2.20. The van der Waals surface area contributed by atoms with E-state index < -0.39 is 0 Å². The van der Waals surface area contributed by atoms with Gasteiger partial charge in [-0.1, -0.05) is 37.0 Å². The quantitative estimate of drug-likeness (QED) is 0.646. The second-order valence-corrected chi connectivity index (χ2v) is 9.45. The number of rotatable bonds is 3. The molecule has 0 aromatic carbocycles. The topological polar surface area (TPSA) is 75.4 Å². The lowest BCUT2D eigenvalue weighted by atomic mass is 9.88. The maximum absolute atomic E-state index is 13.2. The molecular formula is C21H22Cl2N6O. The Kier molecular flexibility index (Phi) is 4.63. The van der Waals surface area contributed by atoms with Gasteiger partial charge in [0.15, 0.2) is 10.8 Å². The highest BCUT2D eigenvalue weighted by Crippen LogP contribution is 2.46. The first-order valence-corrected chi connectivity index (χ1v) is 10.8. The minimum absolute atomic E-state index is 0.104. The molecule has 30 heavy (non-hydrogen) atoms. The van der Waals surface area contributed by atoms with Crippen LogP contribution in [0.2, 0.25) is 10.2 Å². The first-order valence-electron chi connectivity index (χ1n) is 10.1. The fourth-order valence-electron chi connectivity index (χ4n) is 4.69. The molecule has 156 valence electrons. The largest absolute Gasteiger partial charge is 0.355 e. The van der Waals surface area contributed by atoms with Gasteiger partial charge in [-0.15, -0.1) is 0 Å². The van der Waals surface area contributed by atoms with Crippen molar-refractivity contribution < 1.29 is 4.79 Å². The Morgan fingerprint density at radius 2 is 1.93 bits per heavy atom. The van der Waals surface area contributed by atoms with E-state index in [4.69, 9.17) is 23.2 Å². The summed E-state index contributed by atoms with van der Waals surface area (Å²) >= 11 is 12.5. The van der Waals surface area contributed by atoms with Crippen LogP contribution in [0.25, 0.3) is 5.65 Å². The summed E-state index contributed by atoms with van der Waals surface area (Å²) in [4.78, 5) is 24.3. The summed E-state index contributed by atoms with van der Waals surface area (Å²) in [7, 11) is 0. The number of carbonyl (C=O) groups excluding carboxylic acids is 1. The first kappa shape index (κ1) is 19.6. The van der Waals surface area contributed by atoms with Crippen molar-refractivity contribution in [3.05, 3.63) is 46.0 Å². The molecule has 0 saturated carbocycles. The summed E-state index contributed by atoms with van der Waals surface area (Å²) in [5, 5.41) is 8.30. The zero-order chi connectivity index (χ0) is 21.0. The monoisotopic (exact) mass is 444 g/mol. The molecule has 5 rings (SSSR count). The maximum Gasteiger partial charge on any atom is 0.232 e. The van der Waals surface area contributed by atoms with Crippen molar-refractivity contribution in [1.82, 2.24) is 19.6 Å². The van der Waals surface area contributed by atoms with E-state index in [0.29, 0.717) is 27.9 Å². The van der Waals surface area contributed by atoms with Crippen LogP contribution >= 0.6 is 23.2 Å². The molecule has 9 heteroatoms. The lowest BCUT2D eigenvalue weighted by molar-refractivity contribution is -0.117. The van der Waals surface area contributed by atoms with Gasteiger partial charge in [0, 0.05) is 36.3 Å². The average Bonchev–Trinajstić information content (AvgIpc) is 3.39. The third kappa shape index (κ3) is 3.20. The molecule has 0 bridgehead atoms. The Labute approximate surface area is 184 Å². The Bertz CT molecular complexity index is 1150. The van der Waals surface area contributed by atoms with Crippen LogP contribution < -0.4 is 10.2 Å². The fourth-order valence-corrected chi connectivity index (χ4v) is 5.15. The third-order valence-corrected chi connectivity index (χ3v) is 6.49. The number of pyridine rings is 1. The molecule has 1 N–H and O–H groups in total. The van der Waals surface area contributed by atoms with E-state index in [1.807, 2.05) is 0 Å². The van der Waals surface area contributed by atoms with E-state index in [0.717, 1.165) is 43.0 Å². The summed E-state index contributed by atoms with van der Waals surface area (Å²) in [6, 6.07) is 3.50. The number of anilines is 2. The van der Waals surface area contributed by atoms with Crippen LogP contribution in [0.5, 0.6) is 0 Å². The van der Waals surface area contributed by atoms with Crippen molar-refractivity contribution in [1.29, 1.82) is 0 Å². The number of fused-ring (bicyclic) bond motifs is 3. The maximum atomic E-state index is 13.2. The zero-order valence-electron chi connectivity index (χ0n) is 16.8. The van der Waals surface area contributed by atoms with Crippen molar-refractivity contribution >= 4 is 46.3 Å². The Balaban J connectivity index is 1.43. The van der Waals surface area contributed by atoms with Crippen molar-refractivity contribution in [2.75, 3.05) is 23.3 Å². The van der Waals surface area contributed by atoms with Crippen LogP contribution in [-0.4, -0.2) is 38.6 Å². The molecular weight excluding hydrogens is 423 g/mol. The van der Waals surface area contributed by atoms with Crippen LogP contribution in [0.3, 0.4) is 0 Å². The van der Waals surface area contributed by atoms with E-state index in [2.05, 4.69) is 39.1 Å². The van der Waals surface area contributed by atoms with Gasteiger partial charge in [-0.25, -0.2) is 14.5 Å². The summed E-state index contributed by atoms with van der Waals surface area (Å²) in [6.07, 6.45) is 6.39. The molecule has 1 atom stereocenters. The highest BCUT2D eigenvalue weighted by molar-refractivity contribution is 6.33. The number of aromatic nitrogens is 4. The molecule has 1 saturated heterocycles. The van der Waals surface area contributed by atoms with Gasteiger partial charge in [0.1, 0.15) is 5.82 Å². The molecule has 3 aromatic heterocycles. The molecule has 1 aliphatic heterocycles. The average molecular weight is 445 g/mol.